The van der Waals surface area contributed by atoms with Gasteiger partial charge in [-0.1, -0.05) is 19.9 Å². The molecule has 0 atom stereocenters. The average Bonchev–Trinajstić information content (AvgIpc) is 2.48. The summed E-state index contributed by atoms with van der Waals surface area (Å²) in [5.41, 5.74) is 7.22. The molecule has 0 fully saturated rings. The largest absolute Gasteiger partial charge is 0.396 e. The lowest BCUT2D eigenvalue weighted by Crippen LogP contribution is -2.28. The molecule has 0 aliphatic heterocycles. The molecule has 110 valence electrons. The smallest absolute Gasteiger partial charge is 0.272 e. The van der Waals surface area contributed by atoms with Crippen LogP contribution in [-0.2, 0) is 6.42 Å². The van der Waals surface area contributed by atoms with E-state index in [0.717, 1.165) is 5.69 Å². The molecule has 0 aliphatic carbocycles. The van der Waals surface area contributed by atoms with E-state index in [0.29, 0.717) is 18.8 Å². The Morgan fingerprint density at radius 1 is 1.33 bits per heavy atom. The van der Waals surface area contributed by atoms with Crippen molar-refractivity contribution >= 4 is 11.6 Å². The molecule has 0 spiro atoms. The number of amides is 1. The van der Waals surface area contributed by atoms with Crippen LogP contribution >= 0.6 is 0 Å². The highest BCUT2D eigenvalue weighted by Gasteiger charge is 2.14. The fourth-order valence-electron chi connectivity index (χ4n) is 1.80. The maximum absolute atomic E-state index is 12.1. The number of nitrogens with one attached hydrogen (secondary N) is 1. The Hall–Kier alpha value is -2.50. The van der Waals surface area contributed by atoms with E-state index in [4.69, 9.17) is 5.73 Å². The van der Waals surface area contributed by atoms with Crippen molar-refractivity contribution in [2.24, 2.45) is 0 Å². The number of nitrogens with two attached hydrogens (primary N) is 1. The molecular formula is C15H19N5O. The summed E-state index contributed by atoms with van der Waals surface area (Å²) in [6.07, 6.45) is 3.87. The van der Waals surface area contributed by atoms with Crippen LogP contribution in [0, 0.1) is 0 Å². The van der Waals surface area contributed by atoms with Gasteiger partial charge in [-0.3, -0.25) is 9.78 Å². The third-order valence-corrected chi connectivity index (χ3v) is 2.96. The molecule has 21 heavy (non-hydrogen) atoms. The summed E-state index contributed by atoms with van der Waals surface area (Å²) in [6.45, 7) is 4.42. The van der Waals surface area contributed by atoms with Crippen LogP contribution in [0.2, 0.25) is 0 Å². The zero-order chi connectivity index (χ0) is 15.2. The summed E-state index contributed by atoms with van der Waals surface area (Å²) in [4.78, 5) is 24.7. The highest BCUT2D eigenvalue weighted by Crippen LogP contribution is 2.13. The number of nitrogens with zero attached hydrogens (tertiary/aromatic N) is 3. The first kappa shape index (κ1) is 14.9. The second-order valence-corrected chi connectivity index (χ2v) is 5.01. The quantitative estimate of drug-likeness (QED) is 0.869. The molecule has 0 bridgehead atoms. The second-order valence-electron chi connectivity index (χ2n) is 5.01. The van der Waals surface area contributed by atoms with Crippen LogP contribution in [0.5, 0.6) is 0 Å². The standard InChI is InChI=1S/C15H19N5O/c1-10(2)14-19-9-12(16)13(20-14)15(21)18-8-6-11-5-3-4-7-17-11/h3-5,7,9-10H,6,8,16H2,1-2H3,(H,18,21). The molecule has 0 unspecified atom stereocenters. The maximum atomic E-state index is 12.1. The van der Waals surface area contributed by atoms with Crippen LogP contribution < -0.4 is 11.1 Å². The monoisotopic (exact) mass is 285 g/mol. The molecule has 0 aromatic carbocycles. The molecule has 2 aromatic heterocycles. The van der Waals surface area contributed by atoms with Crippen molar-refractivity contribution in [2.45, 2.75) is 26.2 Å². The maximum Gasteiger partial charge on any atom is 0.272 e. The van der Waals surface area contributed by atoms with Gasteiger partial charge < -0.3 is 11.1 Å². The minimum absolute atomic E-state index is 0.144. The molecule has 6 heteroatoms. The van der Waals surface area contributed by atoms with E-state index in [9.17, 15) is 4.79 Å². The van der Waals surface area contributed by atoms with Gasteiger partial charge in [-0.2, -0.15) is 0 Å². The van der Waals surface area contributed by atoms with E-state index < -0.39 is 0 Å². The normalized spacial score (nSPS) is 10.6. The van der Waals surface area contributed by atoms with Gasteiger partial charge in [-0.15, -0.1) is 0 Å². The van der Waals surface area contributed by atoms with Crippen molar-refractivity contribution in [3.8, 4) is 0 Å². The number of hydrogen-bond donors (Lipinski definition) is 2. The Kier molecular flexibility index (Phi) is 4.81. The lowest BCUT2D eigenvalue weighted by Gasteiger charge is -2.09. The van der Waals surface area contributed by atoms with Gasteiger partial charge in [0.15, 0.2) is 5.69 Å². The van der Waals surface area contributed by atoms with Gasteiger partial charge in [0.25, 0.3) is 5.91 Å². The molecular weight excluding hydrogens is 266 g/mol. The fraction of sp³-hybridized carbons (Fsp3) is 0.333. The van der Waals surface area contributed by atoms with E-state index in [1.165, 1.54) is 6.20 Å². The van der Waals surface area contributed by atoms with Gasteiger partial charge in [-0.05, 0) is 12.1 Å². The Morgan fingerprint density at radius 2 is 2.14 bits per heavy atom. The van der Waals surface area contributed by atoms with Gasteiger partial charge in [0.1, 0.15) is 5.82 Å². The number of rotatable bonds is 5. The summed E-state index contributed by atoms with van der Waals surface area (Å²) < 4.78 is 0. The number of nitrogen functional groups attached to an aromatic ring is 1. The van der Waals surface area contributed by atoms with E-state index in [2.05, 4.69) is 20.3 Å². The molecule has 0 radical (unpaired) electrons. The van der Waals surface area contributed by atoms with Crippen LogP contribution in [0.3, 0.4) is 0 Å². The molecule has 0 saturated heterocycles. The van der Waals surface area contributed by atoms with Crippen LogP contribution in [0.1, 0.15) is 41.8 Å². The first-order chi connectivity index (χ1) is 10.1. The van der Waals surface area contributed by atoms with Crippen molar-refractivity contribution < 1.29 is 4.79 Å². The Morgan fingerprint density at radius 3 is 2.81 bits per heavy atom. The van der Waals surface area contributed by atoms with Crippen molar-refractivity contribution in [2.75, 3.05) is 12.3 Å². The zero-order valence-electron chi connectivity index (χ0n) is 12.2. The number of carbonyl (C=O) groups is 1. The zero-order valence-corrected chi connectivity index (χ0v) is 12.2. The summed E-state index contributed by atoms with van der Waals surface area (Å²) in [5, 5.41) is 2.81. The topological polar surface area (TPSA) is 93.8 Å². The number of aromatic nitrogens is 3. The van der Waals surface area contributed by atoms with Crippen molar-refractivity contribution in [1.82, 2.24) is 20.3 Å². The van der Waals surface area contributed by atoms with Crippen LogP contribution in [0.25, 0.3) is 0 Å². The van der Waals surface area contributed by atoms with Crippen LogP contribution in [0.15, 0.2) is 30.6 Å². The lowest BCUT2D eigenvalue weighted by molar-refractivity contribution is 0.0949. The Bertz CT molecular complexity index is 613. The predicted octanol–water partition coefficient (Wildman–Crippen LogP) is 1.55. The molecule has 2 rings (SSSR count). The van der Waals surface area contributed by atoms with Gasteiger partial charge in [-0.25, -0.2) is 9.97 Å². The minimum atomic E-state index is -0.285. The molecule has 3 N–H and O–H groups in total. The number of anilines is 1. The summed E-state index contributed by atoms with van der Waals surface area (Å²) in [6, 6.07) is 5.70. The number of hydrogen-bond acceptors (Lipinski definition) is 5. The molecule has 6 nitrogen and oxygen atoms in total. The first-order valence-electron chi connectivity index (χ1n) is 6.88. The van der Waals surface area contributed by atoms with Gasteiger partial charge in [0, 0.05) is 30.8 Å². The lowest BCUT2D eigenvalue weighted by atomic mass is 10.2. The fourth-order valence-corrected chi connectivity index (χ4v) is 1.80. The highest BCUT2D eigenvalue weighted by atomic mass is 16.1. The summed E-state index contributed by atoms with van der Waals surface area (Å²) in [7, 11) is 0. The summed E-state index contributed by atoms with van der Waals surface area (Å²) in [5.74, 6) is 0.470. The molecule has 2 heterocycles. The van der Waals surface area contributed by atoms with Crippen molar-refractivity contribution in [3.63, 3.8) is 0 Å². The van der Waals surface area contributed by atoms with Gasteiger partial charge in [0.05, 0.1) is 11.9 Å². The summed E-state index contributed by atoms with van der Waals surface area (Å²) >= 11 is 0. The Balaban J connectivity index is 1.98. The second kappa shape index (κ2) is 6.78. The third kappa shape index (κ3) is 3.98. The SMILES string of the molecule is CC(C)c1ncc(N)c(C(=O)NCCc2ccccn2)n1. The van der Waals surface area contributed by atoms with E-state index in [1.54, 1.807) is 6.20 Å². The van der Waals surface area contributed by atoms with Gasteiger partial charge >= 0.3 is 0 Å². The van der Waals surface area contributed by atoms with Crippen LogP contribution in [-0.4, -0.2) is 27.4 Å². The molecule has 0 saturated carbocycles. The molecule has 1 amide bonds. The first-order valence-corrected chi connectivity index (χ1v) is 6.88. The van der Waals surface area contributed by atoms with E-state index in [-0.39, 0.29) is 23.2 Å². The molecule has 0 aliphatic rings. The van der Waals surface area contributed by atoms with Crippen LogP contribution in [0.4, 0.5) is 5.69 Å². The Labute approximate surface area is 123 Å². The minimum Gasteiger partial charge on any atom is -0.396 e. The third-order valence-electron chi connectivity index (χ3n) is 2.96. The van der Waals surface area contributed by atoms with E-state index in [1.807, 2.05) is 32.0 Å². The highest BCUT2D eigenvalue weighted by molar-refractivity contribution is 5.96. The molecule has 2 aromatic rings. The average molecular weight is 285 g/mol. The van der Waals surface area contributed by atoms with Crippen molar-refractivity contribution in [3.05, 3.63) is 47.8 Å². The van der Waals surface area contributed by atoms with Crippen molar-refractivity contribution in [1.29, 1.82) is 0 Å². The van der Waals surface area contributed by atoms with Gasteiger partial charge in [0.2, 0.25) is 0 Å². The number of carbonyl (C=O) groups excluding carboxylic acids is 1. The number of pyridine rings is 1. The van der Waals surface area contributed by atoms with E-state index >= 15 is 0 Å². The predicted molar refractivity (Wildman–Crippen MR) is 80.8 cm³/mol.